The lowest BCUT2D eigenvalue weighted by atomic mass is 10.3. The van der Waals surface area contributed by atoms with Crippen LogP contribution in [-0.2, 0) is 0 Å². The van der Waals surface area contributed by atoms with E-state index in [-0.39, 0.29) is 5.56 Å². The molecule has 0 aromatic carbocycles. The minimum absolute atomic E-state index is 0.236. The highest BCUT2D eigenvalue weighted by molar-refractivity contribution is 9.10. The van der Waals surface area contributed by atoms with Crippen LogP contribution in [0.3, 0.4) is 0 Å². The molecular weight excluding hydrogens is 262 g/mol. The molecular formula is C10H8BrNO3. The van der Waals surface area contributed by atoms with Crippen molar-refractivity contribution < 1.29 is 14.6 Å². The lowest BCUT2D eigenvalue weighted by Crippen LogP contribution is -1.92. The third-order valence-corrected chi connectivity index (χ3v) is 2.79. The van der Waals surface area contributed by atoms with Gasteiger partial charge in [0.1, 0.15) is 5.75 Å². The molecule has 0 unspecified atom stereocenters. The first-order chi connectivity index (χ1) is 7.13. The average molecular weight is 270 g/mol. The Kier molecular flexibility index (Phi) is 2.40. The topological polar surface area (TPSA) is 50.9 Å². The number of halogens is 1. The summed E-state index contributed by atoms with van der Waals surface area (Å²) in [4.78, 5) is 10.8. The second-order valence-electron chi connectivity index (χ2n) is 3.01. The smallest absolute Gasteiger partial charge is 0.337 e. The quantitative estimate of drug-likeness (QED) is 0.852. The number of aromatic carboxylic acids is 1. The van der Waals surface area contributed by atoms with Crippen LogP contribution in [-0.4, -0.2) is 22.6 Å². The molecule has 0 spiro atoms. The number of aromatic nitrogens is 1. The maximum absolute atomic E-state index is 10.8. The average Bonchev–Trinajstić information content (AvgIpc) is 2.64. The fourth-order valence-electron chi connectivity index (χ4n) is 1.43. The number of nitrogens with zero attached hydrogens (tertiary/aromatic N) is 1. The number of fused-ring (bicyclic) bond motifs is 1. The van der Waals surface area contributed by atoms with Gasteiger partial charge in [0, 0.05) is 6.20 Å². The van der Waals surface area contributed by atoms with Crippen LogP contribution in [0.1, 0.15) is 10.4 Å². The van der Waals surface area contributed by atoms with E-state index in [4.69, 9.17) is 9.84 Å². The summed E-state index contributed by atoms with van der Waals surface area (Å²) in [5, 5.41) is 8.87. The zero-order chi connectivity index (χ0) is 11.0. The normalized spacial score (nSPS) is 10.5. The first-order valence-corrected chi connectivity index (χ1v) is 5.00. The third kappa shape index (κ3) is 1.59. The molecule has 0 aliphatic carbocycles. The van der Waals surface area contributed by atoms with Crippen molar-refractivity contribution in [2.45, 2.75) is 0 Å². The number of rotatable bonds is 2. The number of ether oxygens (including phenoxy) is 1. The summed E-state index contributed by atoms with van der Waals surface area (Å²) in [7, 11) is 1.55. The van der Waals surface area contributed by atoms with Gasteiger partial charge in [0.2, 0.25) is 0 Å². The van der Waals surface area contributed by atoms with Crippen molar-refractivity contribution in [1.82, 2.24) is 4.40 Å². The minimum Gasteiger partial charge on any atom is -0.495 e. The molecule has 0 aliphatic rings. The molecule has 0 saturated heterocycles. The molecule has 0 saturated carbocycles. The van der Waals surface area contributed by atoms with Gasteiger partial charge in [0.25, 0.3) is 0 Å². The molecule has 4 nitrogen and oxygen atoms in total. The minimum atomic E-state index is -0.951. The first-order valence-electron chi connectivity index (χ1n) is 4.21. The molecule has 0 amide bonds. The summed E-state index contributed by atoms with van der Waals surface area (Å²) in [6.45, 7) is 0. The van der Waals surface area contributed by atoms with Crippen LogP contribution >= 0.6 is 15.9 Å². The Morgan fingerprint density at radius 1 is 1.53 bits per heavy atom. The summed E-state index contributed by atoms with van der Waals surface area (Å²) in [6.07, 6.45) is 1.55. The Morgan fingerprint density at radius 2 is 2.27 bits per heavy atom. The SMILES string of the molecule is COc1ccc(Br)n2cc(C(=O)O)cc12. The third-order valence-electron chi connectivity index (χ3n) is 2.14. The van der Waals surface area contributed by atoms with Crippen LogP contribution in [0.2, 0.25) is 0 Å². The summed E-state index contributed by atoms with van der Waals surface area (Å²) in [5.74, 6) is -0.307. The van der Waals surface area contributed by atoms with E-state index in [0.717, 1.165) is 10.1 Å². The first kappa shape index (κ1) is 10.0. The van der Waals surface area contributed by atoms with Crippen LogP contribution in [0.5, 0.6) is 5.75 Å². The second-order valence-corrected chi connectivity index (χ2v) is 3.83. The standard InChI is InChI=1S/C10H8BrNO3/c1-15-8-2-3-9(11)12-5-6(10(13)14)4-7(8)12/h2-5H,1H3,(H,13,14). The predicted octanol–water partition coefficient (Wildman–Crippen LogP) is 2.41. The van der Waals surface area contributed by atoms with Gasteiger partial charge in [0.15, 0.2) is 0 Å². The highest BCUT2D eigenvalue weighted by Gasteiger charge is 2.11. The molecule has 15 heavy (non-hydrogen) atoms. The van der Waals surface area contributed by atoms with Crippen molar-refractivity contribution in [1.29, 1.82) is 0 Å². The van der Waals surface area contributed by atoms with E-state index in [0.29, 0.717) is 5.75 Å². The fourth-order valence-corrected chi connectivity index (χ4v) is 1.85. The van der Waals surface area contributed by atoms with Crippen LogP contribution in [0.4, 0.5) is 0 Å². The van der Waals surface area contributed by atoms with Gasteiger partial charge in [-0.3, -0.25) is 0 Å². The monoisotopic (exact) mass is 269 g/mol. The molecule has 2 heterocycles. The van der Waals surface area contributed by atoms with Crippen molar-refractivity contribution >= 4 is 27.4 Å². The Morgan fingerprint density at radius 3 is 2.87 bits per heavy atom. The predicted molar refractivity (Wildman–Crippen MR) is 58.6 cm³/mol. The van der Waals surface area contributed by atoms with Gasteiger partial charge < -0.3 is 14.2 Å². The molecule has 0 bridgehead atoms. The van der Waals surface area contributed by atoms with Crippen LogP contribution in [0.25, 0.3) is 5.52 Å². The van der Waals surface area contributed by atoms with Crippen molar-refractivity contribution in [3.63, 3.8) is 0 Å². The summed E-state index contributed by atoms with van der Waals surface area (Å²) >= 11 is 3.34. The molecule has 1 N–H and O–H groups in total. The van der Waals surface area contributed by atoms with Gasteiger partial charge in [-0.15, -0.1) is 0 Å². The molecule has 78 valence electrons. The van der Waals surface area contributed by atoms with Gasteiger partial charge in [-0.25, -0.2) is 4.79 Å². The van der Waals surface area contributed by atoms with Crippen LogP contribution < -0.4 is 4.74 Å². The van der Waals surface area contributed by atoms with Gasteiger partial charge in [0.05, 0.1) is 22.8 Å². The van der Waals surface area contributed by atoms with Gasteiger partial charge >= 0.3 is 5.97 Å². The maximum atomic E-state index is 10.8. The fraction of sp³-hybridized carbons (Fsp3) is 0.100. The zero-order valence-electron chi connectivity index (χ0n) is 7.90. The summed E-state index contributed by atoms with van der Waals surface area (Å²) in [6, 6.07) is 5.16. The largest absolute Gasteiger partial charge is 0.495 e. The van der Waals surface area contributed by atoms with Crippen molar-refractivity contribution in [2.24, 2.45) is 0 Å². The molecule has 0 radical (unpaired) electrons. The Balaban J connectivity index is 2.77. The molecule has 5 heteroatoms. The molecule has 0 atom stereocenters. The lowest BCUT2D eigenvalue weighted by Gasteiger charge is -2.04. The Bertz CT molecular complexity index is 533. The molecule has 0 aliphatic heterocycles. The number of pyridine rings is 1. The summed E-state index contributed by atoms with van der Waals surface area (Å²) in [5.41, 5.74) is 0.962. The van der Waals surface area contributed by atoms with E-state index < -0.39 is 5.97 Å². The molecule has 2 rings (SSSR count). The number of carboxylic acid groups (broad SMARTS) is 1. The van der Waals surface area contributed by atoms with E-state index in [1.54, 1.807) is 35.9 Å². The van der Waals surface area contributed by atoms with E-state index >= 15 is 0 Å². The lowest BCUT2D eigenvalue weighted by molar-refractivity contribution is 0.0697. The van der Waals surface area contributed by atoms with Crippen LogP contribution in [0.15, 0.2) is 29.0 Å². The van der Waals surface area contributed by atoms with Crippen molar-refractivity contribution in [3.05, 3.63) is 34.6 Å². The number of hydrogen-bond donors (Lipinski definition) is 1. The van der Waals surface area contributed by atoms with Crippen molar-refractivity contribution in [3.8, 4) is 5.75 Å². The zero-order valence-corrected chi connectivity index (χ0v) is 9.48. The Hall–Kier alpha value is -1.49. The van der Waals surface area contributed by atoms with E-state index in [1.807, 2.05) is 0 Å². The highest BCUT2D eigenvalue weighted by atomic mass is 79.9. The van der Waals surface area contributed by atoms with Gasteiger partial charge in [-0.05, 0) is 34.1 Å². The van der Waals surface area contributed by atoms with Gasteiger partial charge in [-0.2, -0.15) is 0 Å². The van der Waals surface area contributed by atoms with E-state index in [9.17, 15) is 4.79 Å². The van der Waals surface area contributed by atoms with Crippen molar-refractivity contribution in [2.75, 3.05) is 7.11 Å². The number of methoxy groups -OCH3 is 1. The highest BCUT2D eigenvalue weighted by Crippen LogP contribution is 2.26. The number of carboxylic acids is 1. The van der Waals surface area contributed by atoms with E-state index in [2.05, 4.69) is 15.9 Å². The number of hydrogen-bond acceptors (Lipinski definition) is 2. The number of carbonyl (C=O) groups is 1. The van der Waals surface area contributed by atoms with Crippen LogP contribution in [0, 0.1) is 0 Å². The molecule has 2 aromatic heterocycles. The summed E-state index contributed by atoms with van der Waals surface area (Å²) < 4.78 is 7.65. The van der Waals surface area contributed by atoms with E-state index in [1.165, 1.54) is 0 Å². The maximum Gasteiger partial charge on any atom is 0.337 e. The van der Waals surface area contributed by atoms with Gasteiger partial charge in [-0.1, -0.05) is 0 Å². The molecule has 2 aromatic rings. The molecule has 0 fully saturated rings. The Labute approximate surface area is 94.2 Å². The second kappa shape index (κ2) is 3.58.